The van der Waals surface area contributed by atoms with Gasteiger partial charge in [-0.15, -0.1) is 0 Å². The summed E-state index contributed by atoms with van der Waals surface area (Å²) in [6, 6.07) is 12.8. The Bertz CT molecular complexity index is 564. The van der Waals surface area contributed by atoms with Gasteiger partial charge in [-0.3, -0.25) is 0 Å². The molecule has 0 bridgehead atoms. The van der Waals surface area contributed by atoms with Crippen LogP contribution in [-0.2, 0) is 0 Å². The van der Waals surface area contributed by atoms with Crippen molar-refractivity contribution in [3.8, 4) is 17.2 Å². The van der Waals surface area contributed by atoms with Gasteiger partial charge < -0.3 is 19.9 Å². The number of rotatable bonds is 6. The van der Waals surface area contributed by atoms with Gasteiger partial charge in [-0.2, -0.15) is 0 Å². The smallest absolute Gasteiger partial charge is 0.136 e. The lowest BCUT2D eigenvalue weighted by Gasteiger charge is -2.19. The second kappa shape index (κ2) is 7.20. The maximum absolute atomic E-state index is 5.95. The summed E-state index contributed by atoms with van der Waals surface area (Å²) in [4.78, 5) is 0. The summed E-state index contributed by atoms with van der Waals surface area (Å²) >= 11 is 5.89. The lowest BCUT2D eigenvalue weighted by molar-refractivity contribution is 0.212. The van der Waals surface area contributed by atoms with Crippen LogP contribution in [0.5, 0.6) is 17.2 Å². The van der Waals surface area contributed by atoms with E-state index in [2.05, 4.69) is 0 Å². The van der Waals surface area contributed by atoms with E-state index in [1.807, 2.05) is 24.3 Å². The number of ether oxygens (including phenoxy) is 3. The van der Waals surface area contributed by atoms with E-state index in [0.29, 0.717) is 28.8 Å². The Morgan fingerprint density at radius 2 is 1.48 bits per heavy atom. The summed E-state index contributed by atoms with van der Waals surface area (Å²) in [7, 11) is 3.19. The van der Waals surface area contributed by atoms with Crippen LogP contribution in [0.15, 0.2) is 42.5 Å². The molecule has 1 unspecified atom stereocenters. The third-order valence-electron chi connectivity index (χ3n) is 3.06. The van der Waals surface area contributed by atoms with Gasteiger partial charge in [0.25, 0.3) is 0 Å². The average molecular weight is 308 g/mol. The Kier molecular flexibility index (Phi) is 5.31. The average Bonchev–Trinajstić information content (AvgIpc) is 2.53. The maximum Gasteiger partial charge on any atom is 0.136 e. The molecule has 0 radical (unpaired) electrons. The molecule has 5 heteroatoms. The molecule has 2 rings (SSSR count). The van der Waals surface area contributed by atoms with E-state index in [-0.39, 0.29) is 6.10 Å². The third kappa shape index (κ3) is 4.03. The zero-order valence-corrected chi connectivity index (χ0v) is 12.8. The second-order valence-corrected chi connectivity index (χ2v) is 4.88. The molecule has 0 saturated carbocycles. The van der Waals surface area contributed by atoms with Gasteiger partial charge in [0.2, 0.25) is 0 Å². The minimum absolute atomic E-state index is 0.265. The molecule has 2 N–H and O–H groups in total. The van der Waals surface area contributed by atoms with Crippen molar-refractivity contribution in [3.05, 3.63) is 53.1 Å². The molecule has 0 aliphatic rings. The predicted octanol–water partition coefficient (Wildman–Crippen LogP) is 3.44. The Balaban J connectivity index is 2.23. The largest absolute Gasteiger partial charge is 0.496 e. The van der Waals surface area contributed by atoms with Crippen LogP contribution in [0.1, 0.15) is 11.7 Å². The van der Waals surface area contributed by atoms with Crippen LogP contribution in [0.4, 0.5) is 0 Å². The van der Waals surface area contributed by atoms with Crippen LogP contribution in [0, 0.1) is 0 Å². The van der Waals surface area contributed by atoms with Gasteiger partial charge in [0.1, 0.15) is 23.4 Å². The fraction of sp³-hybridized carbons (Fsp3) is 0.250. The summed E-state index contributed by atoms with van der Waals surface area (Å²) in [5.74, 6) is 1.96. The molecular weight excluding hydrogens is 290 g/mol. The van der Waals surface area contributed by atoms with Crippen LogP contribution in [-0.4, -0.2) is 20.8 Å². The molecule has 112 valence electrons. The van der Waals surface area contributed by atoms with Crippen molar-refractivity contribution in [1.82, 2.24) is 0 Å². The molecule has 0 amide bonds. The molecule has 4 nitrogen and oxygen atoms in total. The first-order valence-corrected chi connectivity index (χ1v) is 6.89. The van der Waals surface area contributed by atoms with Crippen LogP contribution in [0.2, 0.25) is 5.02 Å². The fourth-order valence-electron chi connectivity index (χ4n) is 1.94. The highest BCUT2D eigenvalue weighted by atomic mass is 35.5. The Morgan fingerprint density at radius 3 is 1.95 bits per heavy atom. The number of benzene rings is 2. The topological polar surface area (TPSA) is 53.7 Å². The predicted molar refractivity (Wildman–Crippen MR) is 83.4 cm³/mol. The van der Waals surface area contributed by atoms with Gasteiger partial charge >= 0.3 is 0 Å². The van der Waals surface area contributed by atoms with Crippen molar-refractivity contribution < 1.29 is 14.2 Å². The standard InChI is InChI=1S/C16H18ClNO3/c1-19-13-7-14(20-2)9-15(8-13)21-16(10-18)11-3-5-12(17)6-4-11/h3-9,16H,10,18H2,1-2H3. The molecule has 2 aromatic rings. The molecule has 0 spiro atoms. The molecule has 1 atom stereocenters. The molecule has 21 heavy (non-hydrogen) atoms. The van der Waals surface area contributed by atoms with Crippen LogP contribution >= 0.6 is 11.6 Å². The molecule has 2 aromatic carbocycles. The van der Waals surface area contributed by atoms with Gasteiger partial charge in [0.15, 0.2) is 0 Å². The molecule has 0 fully saturated rings. The normalized spacial score (nSPS) is 11.8. The summed E-state index contributed by atoms with van der Waals surface area (Å²) in [6.45, 7) is 0.348. The maximum atomic E-state index is 5.95. The van der Waals surface area contributed by atoms with Gasteiger partial charge in [-0.1, -0.05) is 23.7 Å². The number of hydrogen-bond acceptors (Lipinski definition) is 4. The van der Waals surface area contributed by atoms with Crippen molar-refractivity contribution in [2.45, 2.75) is 6.10 Å². The second-order valence-electron chi connectivity index (χ2n) is 4.44. The van der Waals surface area contributed by atoms with Crippen LogP contribution in [0.3, 0.4) is 0 Å². The summed E-state index contributed by atoms with van der Waals surface area (Å²) < 4.78 is 16.4. The van der Waals surface area contributed by atoms with Gasteiger partial charge in [-0.05, 0) is 17.7 Å². The van der Waals surface area contributed by atoms with Crippen LogP contribution in [0.25, 0.3) is 0 Å². The fourth-order valence-corrected chi connectivity index (χ4v) is 2.07. The van der Waals surface area contributed by atoms with E-state index in [1.54, 1.807) is 32.4 Å². The number of nitrogens with two attached hydrogens (primary N) is 1. The first kappa shape index (κ1) is 15.5. The third-order valence-corrected chi connectivity index (χ3v) is 3.31. The highest BCUT2D eigenvalue weighted by molar-refractivity contribution is 6.30. The van der Waals surface area contributed by atoms with E-state index in [4.69, 9.17) is 31.5 Å². The quantitative estimate of drug-likeness (QED) is 0.888. The Hall–Kier alpha value is -1.91. The van der Waals surface area contributed by atoms with Gasteiger partial charge in [0.05, 0.1) is 14.2 Å². The lowest BCUT2D eigenvalue weighted by atomic mass is 10.1. The minimum atomic E-state index is -0.265. The molecular formula is C16H18ClNO3. The highest BCUT2D eigenvalue weighted by Crippen LogP contribution is 2.30. The summed E-state index contributed by atoms with van der Waals surface area (Å²) in [5.41, 5.74) is 6.77. The van der Waals surface area contributed by atoms with E-state index in [9.17, 15) is 0 Å². The SMILES string of the molecule is COc1cc(OC)cc(OC(CN)c2ccc(Cl)cc2)c1. The lowest BCUT2D eigenvalue weighted by Crippen LogP contribution is -2.18. The van der Waals surface area contributed by atoms with Crippen molar-refractivity contribution in [3.63, 3.8) is 0 Å². The zero-order chi connectivity index (χ0) is 15.2. The molecule has 0 aliphatic heterocycles. The Labute approximate surface area is 129 Å². The van der Waals surface area contributed by atoms with Crippen molar-refractivity contribution >= 4 is 11.6 Å². The van der Waals surface area contributed by atoms with E-state index in [0.717, 1.165) is 5.56 Å². The molecule has 0 heterocycles. The number of hydrogen-bond donors (Lipinski definition) is 1. The van der Waals surface area contributed by atoms with Crippen molar-refractivity contribution in [1.29, 1.82) is 0 Å². The minimum Gasteiger partial charge on any atom is -0.496 e. The van der Waals surface area contributed by atoms with Gasteiger partial charge in [0, 0.05) is 29.8 Å². The first-order valence-electron chi connectivity index (χ1n) is 6.51. The monoisotopic (exact) mass is 307 g/mol. The molecule has 0 aliphatic carbocycles. The highest BCUT2D eigenvalue weighted by Gasteiger charge is 2.13. The number of methoxy groups -OCH3 is 2. The van der Waals surface area contributed by atoms with Crippen LogP contribution < -0.4 is 19.9 Å². The molecule has 0 aromatic heterocycles. The summed E-state index contributed by atoms with van der Waals surface area (Å²) in [6.07, 6.45) is -0.265. The number of halogens is 1. The van der Waals surface area contributed by atoms with Gasteiger partial charge in [-0.25, -0.2) is 0 Å². The van der Waals surface area contributed by atoms with E-state index >= 15 is 0 Å². The Morgan fingerprint density at radius 1 is 0.952 bits per heavy atom. The molecule has 0 saturated heterocycles. The van der Waals surface area contributed by atoms with E-state index < -0.39 is 0 Å². The van der Waals surface area contributed by atoms with E-state index in [1.165, 1.54) is 0 Å². The first-order chi connectivity index (χ1) is 10.2. The summed E-state index contributed by atoms with van der Waals surface area (Å²) in [5, 5.41) is 0.678. The van der Waals surface area contributed by atoms with Crippen molar-refractivity contribution in [2.24, 2.45) is 5.73 Å². The zero-order valence-electron chi connectivity index (χ0n) is 12.0. The van der Waals surface area contributed by atoms with Crippen molar-refractivity contribution in [2.75, 3.05) is 20.8 Å².